The van der Waals surface area contributed by atoms with Gasteiger partial charge in [0.1, 0.15) is 6.04 Å². The van der Waals surface area contributed by atoms with Gasteiger partial charge in [-0.3, -0.25) is 9.59 Å². The molecule has 2 unspecified atom stereocenters. The fraction of sp³-hybridized carbons (Fsp3) is 0.750. The number of nitrogens with two attached hydrogens (primary N) is 1. The summed E-state index contributed by atoms with van der Waals surface area (Å²) in [4.78, 5) is 21.4. The molecule has 82 valence electrons. The molecule has 6 heteroatoms. The van der Waals surface area contributed by atoms with Crippen LogP contribution in [0, 0.1) is 0 Å². The highest BCUT2D eigenvalue weighted by Crippen LogP contribution is 1.95. The highest BCUT2D eigenvalue weighted by atomic mass is 16.4. The highest BCUT2D eigenvalue weighted by Gasteiger charge is 2.14. The van der Waals surface area contributed by atoms with Gasteiger partial charge in [-0.15, -0.1) is 0 Å². The molecule has 0 rings (SSSR count). The van der Waals surface area contributed by atoms with E-state index in [1.165, 1.54) is 0 Å². The average Bonchev–Trinajstić information content (AvgIpc) is 2.13. The van der Waals surface area contributed by atoms with Crippen LogP contribution < -0.4 is 11.1 Å². The molecule has 0 aromatic heterocycles. The Balaban J connectivity index is 3.69. The molecule has 0 aromatic carbocycles. The minimum absolute atomic E-state index is 0.0534. The fourth-order valence-corrected chi connectivity index (χ4v) is 0.803. The van der Waals surface area contributed by atoms with E-state index >= 15 is 0 Å². The number of hydrogen-bond acceptors (Lipinski definition) is 4. The van der Waals surface area contributed by atoms with Crippen LogP contribution in [-0.2, 0) is 9.59 Å². The van der Waals surface area contributed by atoms with E-state index in [0.717, 1.165) is 0 Å². The molecule has 0 aromatic rings. The summed E-state index contributed by atoms with van der Waals surface area (Å²) in [6.45, 7) is 1.51. The Kier molecular flexibility index (Phi) is 5.82. The van der Waals surface area contributed by atoms with Gasteiger partial charge in [0.25, 0.3) is 0 Å². The molecule has 0 radical (unpaired) electrons. The first kappa shape index (κ1) is 12.9. The normalized spacial score (nSPS) is 14.5. The highest BCUT2D eigenvalue weighted by molar-refractivity contribution is 5.78. The Bertz CT molecular complexity index is 208. The lowest BCUT2D eigenvalue weighted by Crippen LogP contribution is -2.37. The molecule has 6 nitrogen and oxygen atoms in total. The molecule has 2 atom stereocenters. The van der Waals surface area contributed by atoms with E-state index in [1.807, 2.05) is 0 Å². The fourth-order valence-electron chi connectivity index (χ4n) is 0.803. The minimum Gasteiger partial charge on any atom is -0.480 e. The molecule has 0 heterocycles. The van der Waals surface area contributed by atoms with Gasteiger partial charge < -0.3 is 21.3 Å². The number of nitrogens with one attached hydrogen (secondary N) is 1. The molecule has 0 spiro atoms. The van der Waals surface area contributed by atoms with Gasteiger partial charge in [-0.2, -0.15) is 0 Å². The molecule has 1 amide bonds. The lowest BCUT2D eigenvalue weighted by molar-refractivity contribution is -0.138. The number of amides is 1. The quantitative estimate of drug-likeness (QED) is 0.428. The van der Waals surface area contributed by atoms with Crippen molar-refractivity contribution >= 4 is 11.9 Å². The van der Waals surface area contributed by atoms with Crippen LogP contribution in [0.25, 0.3) is 0 Å². The van der Waals surface area contributed by atoms with Crippen LogP contribution in [0.2, 0.25) is 0 Å². The van der Waals surface area contributed by atoms with Gasteiger partial charge in [0.05, 0.1) is 6.61 Å². The number of carboxylic acid groups (broad SMARTS) is 1. The third kappa shape index (κ3) is 5.50. The molecule has 0 fully saturated rings. The topological polar surface area (TPSA) is 113 Å². The summed E-state index contributed by atoms with van der Waals surface area (Å²) in [7, 11) is 0. The summed E-state index contributed by atoms with van der Waals surface area (Å²) in [5, 5.41) is 19.5. The van der Waals surface area contributed by atoms with Gasteiger partial charge >= 0.3 is 5.97 Å². The van der Waals surface area contributed by atoms with Crippen molar-refractivity contribution in [3.63, 3.8) is 0 Å². The third-order valence-electron chi connectivity index (χ3n) is 1.68. The van der Waals surface area contributed by atoms with Gasteiger partial charge in [-0.25, -0.2) is 0 Å². The zero-order valence-corrected chi connectivity index (χ0v) is 8.06. The van der Waals surface area contributed by atoms with Crippen LogP contribution in [0.3, 0.4) is 0 Å². The predicted molar refractivity (Wildman–Crippen MR) is 49.5 cm³/mol. The van der Waals surface area contributed by atoms with Crippen LogP contribution in [-0.4, -0.2) is 40.8 Å². The minimum atomic E-state index is -1.12. The van der Waals surface area contributed by atoms with E-state index in [-0.39, 0.29) is 31.4 Å². The zero-order chi connectivity index (χ0) is 11.1. The second-order valence-corrected chi connectivity index (χ2v) is 3.13. The van der Waals surface area contributed by atoms with Gasteiger partial charge in [-0.05, 0) is 13.3 Å². The summed E-state index contributed by atoms with van der Waals surface area (Å²) in [6, 6.07) is -1.33. The van der Waals surface area contributed by atoms with Crippen molar-refractivity contribution in [3.05, 3.63) is 0 Å². The van der Waals surface area contributed by atoms with Crippen LogP contribution >= 0.6 is 0 Å². The zero-order valence-electron chi connectivity index (χ0n) is 8.06. The molecule has 0 aliphatic rings. The molecule has 5 N–H and O–H groups in total. The van der Waals surface area contributed by atoms with E-state index in [9.17, 15) is 9.59 Å². The molecule has 0 aliphatic carbocycles. The van der Waals surface area contributed by atoms with Crippen molar-refractivity contribution in [3.8, 4) is 0 Å². The maximum Gasteiger partial charge on any atom is 0.320 e. The smallest absolute Gasteiger partial charge is 0.320 e. The summed E-state index contributed by atoms with van der Waals surface area (Å²) in [6.07, 6.45) is 0.150. The molecule has 14 heavy (non-hydrogen) atoms. The van der Waals surface area contributed by atoms with Crippen LogP contribution in [0.4, 0.5) is 0 Å². The standard InChI is InChI=1S/C8H16N2O4/c1-5(4-11)10-7(12)3-2-6(9)8(13)14/h5-6,11H,2-4,9H2,1H3,(H,10,12)(H,13,14). The summed E-state index contributed by atoms with van der Waals surface area (Å²) in [5.41, 5.74) is 5.20. The lowest BCUT2D eigenvalue weighted by Gasteiger charge is -2.11. The Morgan fingerprint density at radius 1 is 1.50 bits per heavy atom. The van der Waals surface area contributed by atoms with Crippen molar-refractivity contribution in [2.24, 2.45) is 5.73 Å². The van der Waals surface area contributed by atoms with Crippen molar-refractivity contribution in [1.29, 1.82) is 0 Å². The second kappa shape index (κ2) is 6.33. The number of carboxylic acids is 1. The molecular formula is C8H16N2O4. The maximum atomic E-state index is 11.1. The monoisotopic (exact) mass is 204 g/mol. The number of rotatable bonds is 6. The third-order valence-corrected chi connectivity index (χ3v) is 1.68. The Morgan fingerprint density at radius 3 is 2.50 bits per heavy atom. The summed E-state index contributed by atoms with van der Waals surface area (Å²) in [5.74, 6) is -1.42. The Hall–Kier alpha value is -1.14. The molecule has 0 saturated carbocycles. The van der Waals surface area contributed by atoms with Gasteiger partial charge in [0, 0.05) is 12.5 Å². The number of aliphatic hydroxyl groups is 1. The van der Waals surface area contributed by atoms with Crippen LogP contribution in [0.1, 0.15) is 19.8 Å². The van der Waals surface area contributed by atoms with E-state index in [2.05, 4.69) is 5.32 Å². The summed E-state index contributed by atoms with van der Waals surface area (Å²) >= 11 is 0. The number of hydrogen-bond donors (Lipinski definition) is 4. The molecular weight excluding hydrogens is 188 g/mol. The number of carbonyl (C=O) groups excluding carboxylic acids is 1. The summed E-state index contributed by atoms with van der Waals surface area (Å²) < 4.78 is 0. The number of aliphatic hydroxyl groups excluding tert-OH is 1. The SMILES string of the molecule is CC(CO)NC(=O)CCC(N)C(=O)O. The predicted octanol–water partition coefficient (Wildman–Crippen LogP) is -1.32. The first-order chi connectivity index (χ1) is 6.47. The first-order valence-corrected chi connectivity index (χ1v) is 4.36. The van der Waals surface area contributed by atoms with Crippen molar-refractivity contribution in [1.82, 2.24) is 5.32 Å². The first-order valence-electron chi connectivity index (χ1n) is 4.36. The Labute approximate surface area is 82.1 Å². The van der Waals surface area contributed by atoms with Crippen molar-refractivity contribution < 1.29 is 19.8 Å². The molecule has 0 bridgehead atoms. The molecule has 0 aliphatic heterocycles. The molecule has 0 saturated heterocycles. The van der Waals surface area contributed by atoms with Crippen LogP contribution in [0.5, 0.6) is 0 Å². The van der Waals surface area contributed by atoms with E-state index in [1.54, 1.807) is 6.92 Å². The van der Waals surface area contributed by atoms with Crippen molar-refractivity contribution in [2.75, 3.05) is 6.61 Å². The van der Waals surface area contributed by atoms with E-state index in [4.69, 9.17) is 15.9 Å². The van der Waals surface area contributed by atoms with Gasteiger partial charge in [0.15, 0.2) is 0 Å². The van der Waals surface area contributed by atoms with E-state index in [0.29, 0.717) is 0 Å². The maximum absolute atomic E-state index is 11.1. The van der Waals surface area contributed by atoms with E-state index < -0.39 is 12.0 Å². The van der Waals surface area contributed by atoms with Gasteiger partial charge in [0.2, 0.25) is 5.91 Å². The largest absolute Gasteiger partial charge is 0.480 e. The van der Waals surface area contributed by atoms with Crippen LogP contribution in [0.15, 0.2) is 0 Å². The van der Waals surface area contributed by atoms with Gasteiger partial charge in [-0.1, -0.05) is 0 Å². The second-order valence-electron chi connectivity index (χ2n) is 3.13. The van der Waals surface area contributed by atoms with Crippen molar-refractivity contribution in [2.45, 2.75) is 31.8 Å². The number of aliphatic carboxylic acids is 1. The Morgan fingerprint density at radius 2 is 2.07 bits per heavy atom. The lowest BCUT2D eigenvalue weighted by atomic mass is 10.1. The number of carbonyl (C=O) groups is 2. The average molecular weight is 204 g/mol.